The van der Waals surface area contributed by atoms with Crippen LogP contribution < -0.4 is 16.2 Å². The Morgan fingerprint density at radius 2 is 2.20 bits per heavy atom. The van der Waals surface area contributed by atoms with E-state index in [0.29, 0.717) is 23.0 Å². The lowest BCUT2D eigenvalue weighted by Gasteiger charge is -2.00. The monoisotopic (exact) mass is 206 g/mol. The molecule has 2 heterocycles. The molecule has 0 saturated heterocycles. The molecule has 7 heteroatoms. The van der Waals surface area contributed by atoms with Gasteiger partial charge < -0.3 is 16.2 Å². The van der Waals surface area contributed by atoms with Gasteiger partial charge in [-0.1, -0.05) is 0 Å². The molecule has 0 bridgehead atoms. The standard InChI is InChI=1S/C8H10N6O/c1-15-6-2-5(13-14-6)4-3-11-8(10)12-7(4)9/h2-3H,1H3,(H,13,14)(H4,9,10,11,12). The maximum atomic E-state index is 5.68. The van der Waals surface area contributed by atoms with Crippen molar-refractivity contribution < 1.29 is 4.74 Å². The molecule has 0 radical (unpaired) electrons. The van der Waals surface area contributed by atoms with E-state index in [1.54, 1.807) is 6.07 Å². The molecule has 78 valence electrons. The normalized spacial score (nSPS) is 10.2. The molecular weight excluding hydrogens is 196 g/mol. The van der Waals surface area contributed by atoms with E-state index in [2.05, 4.69) is 20.2 Å². The topological polar surface area (TPSA) is 116 Å². The van der Waals surface area contributed by atoms with Gasteiger partial charge in [0.1, 0.15) is 5.82 Å². The molecule has 0 spiro atoms. The fraction of sp³-hybridized carbons (Fsp3) is 0.125. The summed E-state index contributed by atoms with van der Waals surface area (Å²) in [6.07, 6.45) is 1.53. The van der Waals surface area contributed by atoms with Gasteiger partial charge in [-0.3, -0.25) is 5.10 Å². The quantitative estimate of drug-likeness (QED) is 0.638. The predicted molar refractivity (Wildman–Crippen MR) is 55.0 cm³/mol. The van der Waals surface area contributed by atoms with Crippen LogP contribution in [0.15, 0.2) is 12.3 Å². The van der Waals surface area contributed by atoms with Crippen molar-refractivity contribution in [1.82, 2.24) is 20.2 Å². The van der Waals surface area contributed by atoms with Gasteiger partial charge in [-0.05, 0) is 0 Å². The number of rotatable bonds is 2. The summed E-state index contributed by atoms with van der Waals surface area (Å²) in [5.74, 6) is 0.915. The molecule has 0 saturated carbocycles. The first-order valence-corrected chi connectivity index (χ1v) is 4.18. The maximum Gasteiger partial charge on any atom is 0.232 e. The van der Waals surface area contributed by atoms with Crippen molar-refractivity contribution in [2.45, 2.75) is 0 Å². The van der Waals surface area contributed by atoms with Gasteiger partial charge in [0.15, 0.2) is 0 Å². The number of hydrogen-bond acceptors (Lipinski definition) is 6. The second kappa shape index (κ2) is 3.45. The molecule has 0 aromatic carbocycles. The Kier molecular flexibility index (Phi) is 2.13. The summed E-state index contributed by atoms with van der Waals surface area (Å²) in [7, 11) is 1.53. The van der Waals surface area contributed by atoms with E-state index in [9.17, 15) is 0 Å². The van der Waals surface area contributed by atoms with Crippen molar-refractivity contribution in [2.24, 2.45) is 0 Å². The van der Waals surface area contributed by atoms with Crippen molar-refractivity contribution in [2.75, 3.05) is 18.6 Å². The molecule has 0 atom stereocenters. The van der Waals surface area contributed by atoms with Crippen molar-refractivity contribution in [3.63, 3.8) is 0 Å². The van der Waals surface area contributed by atoms with Crippen LogP contribution in [0.25, 0.3) is 11.3 Å². The molecule has 5 N–H and O–H groups in total. The predicted octanol–water partition coefficient (Wildman–Crippen LogP) is 0.0397. The minimum atomic E-state index is 0.141. The molecule has 2 aromatic heterocycles. The number of methoxy groups -OCH3 is 1. The first kappa shape index (κ1) is 9.25. The summed E-state index contributed by atoms with van der Waals surface area (Å²) in [6, 6.07) is 1.70. The van der Waals surface area contributed by atoms with E-state index in [1.165, 1.54) is 13.3 Å². The SMILES string of the molecule is COc1cc(-c2cnc(N)nc2N)[nH]n1. The Morgan fingerprint density at radius 1 is 1.40 bits per heavy atom. The summed E-state index contributed by atoms with van der Waals surface area (Å²) < 4.78 is 4.93. The zero-order valence-electron chi connectivity index (χ0n) is 8.06. The lowest BCUT2D eigenvalue weighted by molar-refractivity contribution is 0.397. The second-order valence-electron chi connectivity index (χ2n) is 2.85. The Balaban J connectivity index is 2.44. The fourth-order valence-electron chi connectivity index (χ4n) is 1.16. The summed E-state index contributed by atoms with van der Waals surface area (Å²) in [6.45, 7) is 0. The van der Waals surface area contributed by atoms with Crippen molar-refractivity contribution >= 4 is 11.8 Å². The molecule has 0 aliphatic rings. The van der Waals surface area contributed by atoms with Crippen molar-refractivity contribution in [1.29, 1.82) is 0 Å². The highest BCUT2D eigenvalue weighted by molar-refractivity contribution is 5.71. The first-order chi connectivity index (χ1) is 7.20. The third-order valence-electron chi connectivity index (χ3n) is 1.89. The van der Waals surface area contributed by atoms with Crippen LogP contribution in [0, 0.1) is 0 Å². The highest BCUT2D eigenvalue weighted by Crippen LogP contribution is 2.24. The summed E-state index contributed by atoms with van der Waals surface area (Å²) in [5.41, 5.74) is 12.4. The Labute approximate surface area is 85.5 Å². The lowest BCUT2D eigenvalue weighted by atomic mass is 10.2. The van der Waals surface area contributed by atoms with Gasteiger partial charge in [-0.15, -0.1) is 5.10 Å². The van der Waals surface area contributed by atoms with E-state index >= 15 is 0 Å². The fourth-order valence-corrected chi connectivity index (χ4v) is 1.16. The number of ether oxygens (including phenoxy) is 1. The molecule has 0 aliphatic carbocycles. The number of anilines is 2. The van der Waals surface area contributed by atoms with E-state index in [0.717, 1.165) is 0 Å². The van der Waals surface area contributed by atoms with Crippen LogP contribution in [0.3, 0.4) is 0 Å². The average Bonchev–Trinajstić information content (AvgIpc) is 2.66. The highest BCUT2D eigenvalue weighted by Gasteiger charge is 2.08. The van der Waals surface area contributed by atoms with Gasteiger partial charge in [0.2, 0.25) is 11.8 Å². The molecule has 2 aromatic rings. The molecular formula is C8H10N6O. The van der Waals surface area contributed by atoms with E-state index in [4.69, 9.17) is 16.2 Å². The number of nitrogen functional groups attached to an aromatic ring is 2. The van der Waals surface area contributed by atoms with Crippen LogP contribution in [-0.4, -0.2) is 27.3 Å². The Bertz CT molecular complexity index is 480. The number of nitrogens with zero attached hydrogens (tertiary/aromatic N) is 3. The van der Waals surface area contributed by atoms with Gasteiger partial charge in [0, 0.05) is 12.3 Å². The molecule has 0 fully saturated rings. The van der Waals surface area contributed by atoms with Crippen LogP contribution in [-0.2, 0) is 0 Å². The summed E-state index contributed by atoms with van der Waals surface area (Å²) >= 11 is 0. The number of nitrogens with one attached hydrogen (secondary N) is 1. The van der Waals surface area contributed by atoms with Gasteiger partial charge in [-0.25, -0.2) is 4.98 Å². The van der Waals surface area contributed by atoms with Crippen LogP contribution in [0.5, 0.6) is 5.88 Å². The summed E-state index contributed by atoms with van der Waals surface area (Å²) in [4.78, 5) is 7.69. The number of nitrogens with two attached hydrogens (primary N) is 2. The zero-order valence-corrected chi connectivity index (χ0v) is 8.06. The third-order valence-corrected chi connectivity index (χ3v) is 1.89. The molecule has 0 aliphatic heterocycles. The number of hydrogen-bond donors (Lipinski definition) is 3. The lowest BCUT2D eigenvalue weighted by Crippen LogP contribution is -2.01. The number of aromatic amines is 1. The molecule has 7 nitrogen and oxygen atoms in total. The largest absolute Gasteiger partial charge is 0.480 e. The number of H-pyrrole nitrogens is 1. The van der Waals surface area contributed by atoms with Crippen LogP contribution in [0.4, 0.5) is 11.8 Å². The molecule has 0 amide bonds. The van der Waals surface area contributed by atoms with Crippen LogP contribution >= 0.6 is 0 Å². The van der Waals surface area contributed by atoms with E-state index in [-0.39, 0.29) is 5.95 Å². The molecule has 2 rings (SSSR count). The maximum absolute atomic E-state index is 5.68. The molecule has 0 unspecified atom stereocenters. The van der Waals surface area contributed by atoms with E-state index < -0.39 is 0 Å². The molecule has 15 heavy (non-hydrogen) atoms. The third kappa shape index (κ3) is 1.66. The van der Waals surface area contributed by atoms with E-state index in [1.807, 2.05) is 0 Å². The minimum Gasteiger partial charge on any atom is -0.480 e. The minimum absolute atomic E-state index is 0.141. The Hall–Kier alpha value is -2.31. The van der Waals surface area contributed by atoms with Gasteiger partial charge in [0.25, 0.3) is 0 Å². The van der Waals surface area contributed by atoms with Crippen molar-refractivity contribution in [3.05, 3.63) is 12.3 Å². The van der Waals surface area contributed by atoms with Crippen molar-refractivity contribution in [3.8, 4) is 17.1 Å². The summed E-state index contributed by atoms with van der Waals surface area (Å²) in [5, 5.41) is 6.64. The first-order valence-electron chi connectivity index (χ1n) is 4.18. The Morgan fingerprint density at radius 3 is 2.80 bits per heavy atom. The second-order valence-corrected chi connectivity index (χ2v) is 2.85. The highest BCUT2D eigenvalue weighted by atomic mass is 16.5. The smallest absolute Gasteiger partial charge is 0.232 e. The van der Waals surface area contributed by atoms with Gasteiger partial charge in [0.05, 0.1) is 18.4 Å². The average molecular weight is 206 g/mol. The van der Waals surface area contributed by atoms with Crippen LogP contribution in [0.2, 0.25) is 0 Å². The van der Waals surface area contributed by atoms with Crippen LogP contribution in [0.1, 0.15) is 0 Å². The van der Waals surface area contributed by atoms with Gasteiger partial charge >= 0.3 is 0 Å². The number of aromatic nitrogens is 4. The zero-order chi connectivity index (χ0) is 10.8. The van der Waals surface area contributed by atoms with Gasteiger partial charge in [-0.2, -0.15) is 4.98 Å².